The normalized spacial score (nSPS) is 19.9. The van der Waals surface area contributed by atoms with Crippen LogP contribution < -0.4 is 0 Å². The molecular weight excluding hydrogens is 220 g/mol. The van der Waals surface area contributed by atoms with Gasteiger partial charge in [0, 0.05) is 12.6 Å². The van der Waals surface area contributed by atoms with Gasteiger partial charge in [0.05, 0.1) is 6.54 Å². The lowest BCUT2D eigenvalue weighted by atomic mass is 10.1. The lowest BCUT2D eigenvalue weighted by Crippen LogP contribution is -2.40. The van der Waals surface area contributed by atoms with Crippen molar-refractivity contribution >= 4 is 12.2 Å². The van der Waals surface area contributed by atoms with Crippen LogP contribution in [0.2, 0.25) is 0 Å². The Balaban J connectivity index is 2.50. The van der Waals surface area contributed by atoms with Gasteiger partial charge in [-0.05, 0) is 40.0 Å². The Morgan fingerprint density at radius 2 is 2.24 bits per heavy atom. The van der Waals surface area contributed by atoms with Crippen LogP contribution in [0.4, 0.5) is 4.79 Å². The highest BCUT2D eigenvalue weighted by molar-refractivity contribution is 5.68. The Labute approximate surface area is 102 Å². The van der Waals surface area contributed by atoms with Crippen molar-refractivity contribution in [2.75, 3.05) is 13.1 Å². The van der Waals surface area contributed by atoms with Crippen molar-refractivity contribution in [1.29, 1.82) is 0 Å². The maximum Gasteiger partial charge on any atom is 0.410 e. The molecule has 0 aliphatic carbocycles. The summed E-state index contributed by atoms with van der Waals surface area (Å²) in [5.74, 6) is 0. The third-order valence-corrected chi connectivity index (χ3v) is 2.64. The molecule has 17 heavy (non-hydrogen) atoms. The molecule has 1 aliphatic heterocycles. The minimum absolute atomic E-state index is 0.141. The minimum Gasteiger partial charge on any atom is -0.444 e. The summed E-state index contributed by atoms with van der Waals surface area (Å²) in [4.78, 5) is 27.1. The molecule has 1 atom stereocenters. The highest BCUT2D eigenvalue weighted by Gasteiger charge is 2.31. The molecule has 1 aliphatic rings. The second kappa shape index (κ2) is 5.82. The van der Waals surface area contributed by atoms with Crippen molar-refractivity contribution in [3.8, 4) is 0 Å². The summed E-state index contributed by atoms with van der Waals surface area (Å²) in [5, 5.41) is 0. The van der Waals surface area contributed by atoms with Gasteiger partial charge in [-0.3, -0.25) is 0 Å². The average Bonchev–Trinajstić information content (AvgIpc) is 2.64. The number of hydrogen-bond donors (Lipinski definition) is 0. The van der Waals surface area contributed by atoms with E-state index in [2.05, 4.69) is 4.99 Å². The van der Waals surface area contributed by atoms with Gasteiger partial charge in [-0.1, -0.05) is 0 Å². The minimum atomic E-state index is -0.467. The molecular formula is C12H20N2O3. The van der Waals surface area contributed by atoms with E-state index in [1.807, 2.05) is 20.8 Å². The van der Waals surface area contributed by atoms with Crippen molar-refractivity contribution in [3.63, 3.8) is 0 Å². The first-order valence-corrected chi connectivity index (χ1v) is 5.97. The fraction of sp³-hybridized carbons (Fsp3) is 0.833. The number of amides is 1. The highest BCUT2D eigenvalue weighted by atomic mass is 16.6. The standard InChI is InChI=1S/C12H20N2O3/c1-12(2,3)17-11(16)14-8-4-5-10(14)6-7-13-9-15/h10H,4-8H2,1-3H3. The predicted molar refractivity (Wildman–Crippen MR) is 63.6 cm³/mol. The van der Waals surface area contributed by atoms with Crippen molar-refractivity contribution in [2.24, 2.45) is 4.99 Å². The van der Waals surface area contributed by atoms with Crippen molar-refractivity contribution in [3.05, 3.63) is 0 Å². The maximum absolute atomic E-state index is 11.9. The van der Waals surface area contributed by atoms with Crippen molar-refractivity contribution in [1.82, 2.24) is 4.90 Å². The third-order valence-electron chi connectivity index (χ3n) is 2.64. The lowest BCUT2D eigenvalue weighted by molar-refractivity contribution is 0.0222. The Morgan fingerprint density at radius 3 is 2.82 bits per heavy atom. The monoisotopic (exact) mass is 240 g/mol. The molecule has 5 nitrogen and oxygen atoms in total. The van der Waals surface area contributed by atoms with E-state index in [4.69, 9.17) is 4.74 Å². The van der Waals surface area contributed by atoms with Crippen molar-refractivity contribution in [2.45, 2.75) is 51.7 Å². The van der Waals surface area contributed by atoms with Gasteiger partial charge in [-0.15, -0.1) is 0 Å². The van der Waals surface area contributed by atoms with Crippen LogP contribution in [0.25, 0.3) is 0 Å². The Hall–Kier alpha value is -1.35. The summed E-state index contributed by atoms with van der Waals surface area (Å²) < 4.78 is 5.34. The molecule has 1 unspecified atom stereocenters. The van der Waals surface area contributed by atoms with Crippen LogP contribution in [0, 0.1) is 0 Å². The number of carbonyl (C=O) groups excluding carboxylic acids is 2. The fourth-order valence-electron chi connectivity index (χ4n) is 1.96. The molecule has 0 saturated carbocycles. The number of carbonyl (C=O) groups is 1. The molecule has 0 aromatic carbocycles. The van der Waals surface area contributed by atoms with E-state index in [-0.39, 0.29) is 12.1 Å². The zero-order valence-corrected chi connectivity index (χ0v) is 10.7. The highest BCUT2D eigenvalue weighted by Crippen LogP contribution is 2.22. The molecule has 0 aromatic heterocycles. The Morgan fingerprint density at radius 1 is 1.53 bits per heavy atom. The molecule has 0 radical (unpaired) electrons. The summed E-state index contributed by atoms with van der Waals surface area (Å²) in [7, 11) is 0. The van der Waals surface area contributed by atoms with Gasteiger partial charge in [-0.2, -0.15) is 0 Å². The molecule has 0 aromatic rings. The average molecular weight is 240 g/mol. The van der Waals surface area contributed by atoms with E-state index in [1.54, 1.807) is 4.90 Å². The number of rotatable bonds is 3. The second-order valence-electron chi connectivity index (χ2n) is 5.23. The summed E-state index contributed by atoms with van der Waals surface area (Å²) >= 11 is 0. The topological polar surface area (TPSA) is 59.0 Å². The number of ether oxygens (including phenoxy) is 1. The van der Waals surface area contributed by atoms with Gasteiger partial charge >= 0.3 is 6.09 Å². The zero-order chi connectivity index (χ0) is 12.9. The van der Waals surface area contributed by atoms with Gasteiger partial charge in [0.15, 0.2) is 0 Å². The molecule has 1 rings (SSSR count). The summed E-state index contributed by atoms with van der Waals surface area (Å²) in [5.41, 5.74) is -0.467. The van der Waals surface area contributed by atoms with E-state index < -0.39 is 5.60 Å². The Bertz CT molecular complexity index is 316. The van der Waals surface area contributed by atoms with E-state index in [0.29, 0.717) is 13.0 Å². The zero-order valence-electron chi connectivity index (χ0n) is 10.7. The first kappa shape index (κ1) is 13.7. The van der Waals surface area contributed by atoms with Crippen LogP contribution in [0.1, 0.15) is 40.0 Å². The quantitative estimate of drug-likeness (QED) is 0.560. The summed E-state index contributed by atoms with van der Waals surface area (Å²) in [6.07, 6.45) is 3.88. The van der Waals surface area contributed by atoms with E-state index in [0.717, 1.165) is 19.4 Å². The van der Waals surface area contributed by atoms with Crippen LogP contribution in [0.3, 0.4) is 0 Å². The van der Waals surface area contributed by atoms with Crippen LogP contribution in [0.5, 0.6) is 0 Å². The second-order valence-corrected chi connectivity index (χ2v) is 5.23. The molecule has 1 heterocycles. The molecule has 0 spiro atoms. The fourth-order valence-corrected chi connectivity index (χ4v) is 1.96. The smallest absolute Gasteiger partial charge is 0.410 e. The molecule has 0 N–H and O–H groups in total. The number of hydrogen-bond acceptors (Lipinski definition) is 4. The molecule has 1 saturated heterocycles. The summed E-state index contributed by atoms with van der Waals surface area (Å²) in [6.45, 7) is 6.71. The number of nitrogens with zero attached hydrogens (tertiary/aromatic N) is 2. The van der Waals surface area contributed by atoms with E-state index in [9.17, 15) is 9.59 Å². The number of isocyanates is 1. The van der Waals surface area contributed by atoms with E-state index in [1.165, 1.54) is 6.08 Å². The SMILES string of the molecule is CC(C)(C)OC(=O)N1CCCC1CCN=C=O. The molecule has 0 bridgehead atoms. The van der Waals surface area contributed by atoms with Crippen LogP contribution in [0.15, 0.2) is 4.99 Å². The third kappa shape index (κ3) is 4.57. The molecule has 5 heteroatoms. The Kier molecular flexibility index (Phi) is 4.70. The van der Waals surface area contributed by atoms with Gasteiger partial charge in [0.1, 0.15) is 5.60 Å². The summed E-state index contributed by atoms with van der Waals surface area (Å²) in [6, 6.07) is 0.141. The first-order chi connectivity index (χ1) is 7.94. The predicted octanol–water partition coefficient (Wildman–Crippen LogP) is 2.11. The van der Waals surface area contributed by atoms with Crippen molar-refractivity contribution < 1.29 is 14.3 Å². The van der Waals surface area contributed by atoms with Gasteiger partial charge in [0.25, 0.3) is 0 Å². The van der Waals surface area contributed by atoms with E-state index >= 15 is 0 Å². The lowest BCUT2D eigenvalue weighted by Gasteiger charge is -2.28. The molecule has 96 valence electrons. The van der Waals surface area contributed by atoms with Gasteiger partial charge < -0.3 is 9.64 Å². The number of aliphatic imine (C=N–C) groups is 1. The van der Waals surface area contributed by atoms with Gasteiger partial charge in [0.2, 0.25) is 6.08 Å². The first-order valence-electron chi connectivity index (χ1n) is 5.97. The molecule has 1 amide bonds. The van der Waals surface area contributed by atoms with Crippen LogP contribution in [-0.2, 0) is 9.53 Å². The number of likely N-dealkylation sites (tertiary alicyclic amines) is 1. The molecule has 1 fully saturated rings. The van der Waals surface area contributed by atoms with Gasteiger partial charge in [-0.25, -0.2) is 14.6 Å². The maximum atomic E-state index is 11.9. The largest absolute Gasteiger partial charge is 0.444 e. The van der Waals surface area contributed by atoms with Crippen LogP contribution in [-0.4, -0.2) is 41.8 Å². The van der Waals surface area contributed by atoms with Crippen LogP contribution >= 0.6 is 0 Å².